The van der Waals surface area contributed by atoms with Crippen LogP contribution in [0.1, 0.15) is 40.9 Å². The summed E-state index contributed by atoms with van der Waals surface area (Å²) in [6, 6.07) is 3.71. The van der Waals surface area contributed by atoms with Crippen molar-refractivity contribution in [3.05, 3.63) is 45.2 Å². The Bertz CT molecular complexity index is 779. The summed E-state index contributed by atoms with van der Waals surface area (Å²) in [7, 11) is 0. The number of rotatable bonds is 2. The third-order valence-corrected chi connectivity index (χ3v) is 4.13. The van der Waals surface area contributed by atoms with Crippen molar-refractivity contribution in [1.29, 1.82) is 0 Å². The zero-order valence-corrected chi connectivity index (χ0v) is 11.7. The Balaban J connectivity index is 0.00000161. The maximum absolute atomic E-state index is 12.3. The van der Waals surface area contributed by atoms with E-state index in [1.807, 2.05) is 17.6 Å². The second-order valence-electron chi connectivity index (χ2n) is 5.28. The molecule has 0 saturated carbocycles. The predicted octanol–water partition coefficient (Wildman–Crippen LogP) is 0.841. The average molecular weight is 290 g/mol. The number of nitrogens with two attached hydrogens (primary N) is 1. The number of benzene rings is 1. The van der Waals surface area contributed by atoms with Crippen molar-refractivity contribution in [3.63, 3.8) is 0 Å². The molecule has 2 heterocycles. The quantitative estimate of drug-likeness (QED) is 0.852. The van der Waals surface area contributed by atoms with Crippen LogP contribution in [0.25, 0.3) is 10.9 Å². The largest absolute Gasteiger partial charge is 0.477 e. The summed E-state index contributed by atoms with van der Waals surface area (Å²) < 4.78 is 1.91. The summed E-state index contributed by atoms with van der Waals surface area (Å²) in [5.41, 5.74) is 8.14. The number of hydrogen-bond donors (Lipinski definition) is 2. The van der Waals surface area contributed by atoms with E-state index in [0.717, 1.165) is 29.5 Å². The van der Waals surface area contributed by atoms with E-state index in [9.17, 15) is 14.7 Å². The minimum atomic E-state index is -1.18. The van der Waals surface area contributed by atoms with Gasteiger partial charge in [0.1, 0.15) is 5.56 Å². The number of hydrogen-bond acceptors (Lipinski definition) is 3. The molecule has 5 N–H and O–H groups in total. The van der Waals surface area contributed by atoms with Crippen LogP contribution in [0.15, 0.2) is 23.1 Å². The standard InChI is InChI=1S/C15H16N2O3.H2O/c1-8-2-4-10-9(6-16)3-5-11-13(10)17(8)7-12(14(11)18)15(19)20;/h3,5,7-8H,2,4,6,16H2,1H3,(H,19,20);1H2. The third kappa shape index (κ3) is 2.12. The lowest BCUT2D eigenvalue weighted by Gasteiger charge is -2.27. The highest BCUT2D eigenvalue weighted by atomic mass is 16.4. The van der Waals surface area contributed by atoms with Crippen molar-refractivity contribution < 1.29 is 15.4 Å². The zero-order valence-electron chi connectivity index (χ0n) is 11.7. The Kier molecular flexibility index (Phi) is 3.85. The Morgan fingerprint density at radius 1 is 1.48 bits per heavy atom. The van der Waals surface area contributed by atoms with Gasteiger partial charge in [-0.15, -0.1) is 0 Å². The Morgan fingerprint density at radius 2 is 2.19 bits per heavy atom. The van der Waals surface area contributed by atoms with Gasteiger partial charge in [-0.1, -0.05) is 6.07 Å². The molecule has 1 aliphatic heterocycles. The summed E-state index contributed by atoms with van der Waals surface area (Å²) in [6.45, 7) is 2.46. The van der Waals surface area contributed by atoms with Crippen molar-refractivity contribution in [3.8, 4) is 0 Å². The zero-order chi connectivity index (χ0) is 14.4. The summed E-state index contributed by atoms with van der Waals surface area (Å²) in [5.74, 6) is -1.18. The molecule has 0 bridgehead atoms. The van der Waals surface area contributed by atoms with Gasteiger partial charge in [-0.25, -0.2) is 4.79 Å². The molecule has 21 heavy (non-hydrogen) atoms. The van der Waals surface area contributed by atoms with E-state index >= 15 is 0 Å². The van der Waals surface area contributed by atoms with Crippen molar-refractivity contribution in [1.82, 2.24) is 4.57 Å². The van der Waals surface area contributed by atoms with Gasteiger partial charge in [0.25, 0.3) is 0 Å². The fourth-order valence-electron chi connectivity index (χ4n) is 3.03. The van der Waals surface area contributed by atoms with Crippen molar-refractivity contribution in [2.75, 3.05) is 0 Å². The summed E-state index contributed by atoms with van der Waals surface area (Å²) in [6.07, 6.45) is 3.26. The minimum absolute atomic E-state index is 0. The molecule has 0 amide bonds. The first kappa shape index (κ1) is 15.2. The van der Waals surface area contributed by atoms with Crippen LogP contribution in [0, 0.1) is 0 Å². The predicted molar refractivity (Wildman–Crippen MR) is 79.7 cm³/mol. The number of nitrogens with zero attached hydrogens (tertiary/aromatic N) is 1. The van der Waals surface area contributed by atoms with Crippen molar-refractivity contribution in [2.45, 2.75) is 32.4 Å². The first-order valence-electron chi connectivity index (χ1n) is 6.67. The Labute approximate surface area is 121 Å². The molecular formula is C15H18N2O4. The molecule has 1 aliphatic rings. The molecule has 1 aromatic carbocycles. The molecule has 6 heteroatoms. The highest BCUT2D eigenvalue weighted by Crippen LogP contribution is 2.31. The molecular weight excluding hydrogens is 272 g/mol. The molecule has 1 atom stereocenters. The number of aromatic carboxylic acids is 1. The molecule has 1 aromatic heterocycles. The van der Waals surface area contributed by atoms with Crippen LogP contribution in [0.5, 0.6) is 0 Å². The van der Waals surface area contributed by atoms with E-state index in [1.54, 1.807) is 6.07 Å². The lowest BCUT2D eigenvalue weighted by Crippen LogP contribution is -2.24. The number of aryl methyl sites for hydroxylation is 1. The van der Waals surface area contributed by atoms with Gasteiger partial charge < -0.3 is 20.9 Å². The SMILES string of the molecule is CC1CCc2c(CN)ccc3c(=O)c(C(=O)O)cn1c23.O. The van der Waals surface area contributed by atoms with Crippen LogP contribution < -0.4 is 11.2 Å². The average Bonchev–Trinajstić information content (AvgIpc) is 2.43. The maximum Gasteiger partial charge on any atom is 0.341 e. The molecule has 112 valence electrons. The fraction of sp³-hybridized carbons (Fsp3) is 0.333. The number of carbonyl (C=O) groups is 1. The molecule has 1 unspecified atom stereocenters. The van der Waals surface area contributed by atoms with Crippen LogP contribution in [-0.2, 0) is 13.0 Å². The normalized spacial score (nSPS) is 16.6. The van der Waals surface area contributed by atoms with Crippen LogP contribution in [-0.4, -0.2) is 21.1 Å². The maximum atomic E-state index is 12.3. The highest BCUT2D eigenvalue weighted by molar-refractivity contribution is 5.94. The van der Waals surface area contributed by atoms with Crippen molar-refractivity contribution >= 4 is 16.9 Å². The first-order valence-corrected chi connectivity index (χ1v) is 6.67. The number of carboxylic acids is 1. The van der Waals surface area contributed by atoms with E-state index in [-0.39, 0.29) is 17.1 Å². The highest BCUT2D eigenvalue weighted by Gasteiger charge is 2.23. The molecule has 6 nitrogen and oxygen atoms in total. The minimum Gasteiger partial charge on any atom is -0.477 e. The fourth-order valence-corrected chi connectivity index (χ4v) is 3.03. The van der Waals surface area contributed by atoms with Crippen molar-refractivity contribution in [2.24, 2.45) is 5.73 Å². The second-order valence-corrected chi connectivity index (χ2v) is 5.28. The van der Waals surface area contributed by atoms with Gasteiger partial charge >= 0.3 is 5.97 Å². The van der Waals surface area contributed by atoms with Gasteiger partial charge in [0.2, 0.25) is 5.43 Å². The lowest BCUT2D eigenvalue weighted by molar-refractivity contribution is 0.0694. The molecule has 0 spiro atoms. The Morgan fingerprint density at radius 3 is 2.81 bits per heavy atom. The monoisotopic (exact) mass is 290 g/mol. The molecule has 0 fully saturated rings. The summed E-state index contributed by atoms with van der Waals surface area (Å²) in [4.78, 5) is 23.5. The third-order valence-electron chi connectivity index (χ3n) is 4.13. The number of pyridine rings is 1. The van der Waals surface area contributed by atoms with E-state index in [1.165, 1.54) is 6.20 Å². The summed E-state index contributed by atoms with van der Waals surface area (Å²) in [5, 5.41) is 9.66. The van der Waals surface area contributed by atoms with E-state index in [2.05, 4.69) is 0 Å². The molecule has 0 aliphatic carbocycles. The van der Waals surface area contributed by atoms with Gasteiger partial charge in [-0.2, -0.15) is 0 Å². The van der Waals surface area contributed by atoms with E-state index in [4.69, 9.17) is 5.73 Å². The smallest absolute Gasteiger partial charge is 0.341 e. The Hall–Kier alpha value is -2.18. The van der Waals surface area contributed by atoms with Crippen LogP contribution in [0.3, 0.4) is 0 Å². The topological polar surface area (TPSA) is 117 Å². The van der Waals surface area contributed by atoms with Gasteiger partial charge in [-0.3, -0.25) is 4.79 Å². The lowest BCUT2D eigenvalue weighted by atomic mass is 9.92. The number of carboxylic acid groups (broad SMARTS) is 1. The van der Waals surface area contributed by atoms with Crippen LogP contribution >= 0.6 is 0 Å². The van der Waals surface area contributed by atoms with Gasteiger partial charge in [0, 0.05) is 24.2 Å². The van der Waals surface area contributed by atoms with E-state index < -0.39 is 11.4 Å². The summed E-state index contributed by atoms with van der Waals surface area (Å²) >= 11 is 0. The van der Waals surface area contributed by atoms with Gasteiger partial charge in [0.05, 0.1) is 5.52 Å². The molecule has 2 aromatic rings. The molecule has 0 saturated heterocycles. The van der Waals surface area contributed by atoms with Gasteiger partial charge in [0.15, 0.2) is 0 Å². The van der Waals surface area contributed by atoms with Crippen LogP contribution in [0.2, 0.25) is 0 Å². The first-order chi connectivity index (χ1) is 9.54. The molecule has 0 radical (unpaired) electrons. The van der Waals surface area contributed by atoms with Crippen LogP contribution in [0.4, 0.5) is 0 Å². The van der Waals surface area contributed by atoms with Gasteiger partial charge in [-0.05, 0) is 37.0 Å². The molecule has 3 rings (SSSR count). The second kappa shape index (κ2) is 5.31. The van der Waals surface area contributed by atoms with E-state index in [0.29, 0.717) is 11.9 Å². The number of aromatic nitrogens is 1.